The van der Waals surface area contributed by atoms with Crippen molar-refractivity contribution in [2.75, 3.05) is 7.11 Å². The number of carbonyl (C=O) groups excluding carboxylic acids is 1. The van der Waals surface area contributed by atoms with E-state index in [9.17, 15) is 24.9 Å². The van der Waals surface area contributed by atoms with E-state index in [-0.39, 0.29) is 28.6 Å². The van der Waals surface area contributed by atoms with E-state index >= 15 is 0 Å². The van der Waals surface area contributed by atoms with Crippen molar-refractivity contribution < 1.29 is 29.6 Å². The van der Waals surface area contributed by atoms with Gasteiger partial charge in [0.1, 0.15) is 17.3 Å². The van der Waals surface area contributed by atoms with Gasteiger partial charge in [-0.25, -0.2) is 4.79 Å². The molecule has 0 bridgehead atoms. The number of aliphatic carboxylic acids is 1. The number of hydrogen-bond donors (Lipinski definition) is 3. The number of aromatic hydroxyl groups is 2. The number of carbonyl (C=O) groups is 2. The van der Waals surface area contributed by atoms with Crippen LogP contribution in [0.4, 0.5) is 0 Å². The second-order valence-electron chi connectivity index (χ2n) is 7.12. The quantitative estimate of drug-likeness (QED) is 0.412. The molecule has 0 saturated heterocycles. The molecular weight excluding hydrogens is 348 g/mol. The first-order chi connectivity index (χ1) is 12.5. The predicted octanol–water partition coefficient (Wildman–Crippen LogP) is 3.81. The molecule has 0 fully saturated rings. The fourth-order valence-electron chi connectivity index (χ4n) is 3.44. The van der Waals surface area contributed by atoms with Gasteiger partial charge in [0.25, 0.3) is 0 Å². The fraction of sp³-hybridized carbons (Fsp3) is 0.333. The Hall–Kier alpha value is -3.02. The number of rotatable bonds is 5. The molecule has 0 radical (unpaired) electrons. The Morgan fingerprint density at radius 2 is 1.81 bits per heavy atom. The largest absolute Gasteiger partial charge is 0.508 e. The minimum absolute atomic E-state index is 0.0157. The third-order valence-corrected chi connectivity index (χ3v) is 5.27. The van der Waals surface area contributed by atoms with Crippen LogP contribution in [-0.4, -0.2) is 34.2 Å². The highest BCUT2D eigenvalue weighted by atomic mass is 16.5. The highest BCUT2D eigenvalue weighted by Gasteiger charge is 2.41. The predicted molar refractivity (Wildman–Crippen MR) is 101 cm³/mol. The van der Waals surface area contributed by atoms with Crippen molar-refractivity contribution in [2.45, 2.75) is 27.7 Å². The van der Waals surface area contributed by atoms with Gasteiger partial charge in [-0.05, 0) is 43.5 Å². The lowest BCUT2D eigenvalue weighted by molar-refractivity contribution is -0.132. The van der Waals surface area contributed by atoms with Crippen LogP contribution in [-0.2, 0) is 9.53 Å². The summed E-state index contributed by atoms with van der Waals surface area (Å²) in [5.41, 5.74) is 0.812. The Morgan fingerprint density at radius 1 is 1.19 bits per heavy atom. The van der Waals surface area contributed by atoms with E-state index in [4.69, 9.17) is 4.74 Å². The smallest absolute Gasteiger partial charge is 0.336 e. The van der Waals surface area contributed by atoms with Crippen LogP contribution >= 0.6 is 0 Å². The number of carboxylic acid groups (broad SMARTS) is 1. The van der Waals surface area contributed by atoms with Gasteiger partial charge in [0, 0.05) is 11.5 Å². The first-order valence-electron chi connectivity index (χ1n) is 8.46. The normalized spacial score (nSPS) is 19.5. The fourth-order valence-corrected chi connectivity index (χ4v) is 3.44. The summed E-state index contributed by atoms with van der Waals surface area (Å²) in [6.45, 7) is 7.23. The Balaban J connectivity index is 2.48. The summed E-state index contributed by atoms with van der Waals surface area (Å²) >= 11 is 0. The van der Waals surface area contributed by atoms with Crippen LogP contribution in [0.25, 0.3) is 0 Å². The maximum absolute atomic E-state index is 12.5. The molecule has 6 heteroatoms. The molecular formula is C21H24O6. The van der Waals surface area contributed by atoms with Crippen LogP contribution in [0.1, 0.15) is 38.1 Å². The zero-order chi connectivity index (χ0) is 20.5. The first kappa shape index (κ1) is 20.3. The summed E-state index contributed by atoms with van der Waals surface area (Å²) in [5.74, 6) is -1.73. The van der Waals surface area contributed by atoms with E-state index in [1.807, 2.05) is 13.8 Å². The van der Waals surface area contributed by atoms with E-state index in [1.165, 1.54) is 31.4 Å². The maximum Gasteiger partial charge on any atom is 0.336 e. The second-order valence-corrected chi connectivity index (χ2v) is 7.12. The summed E-state index contributed by atoms with van der Waals surface area (Å²) in [5, 5.41) is 29.0. The number of carboxylic acids is 1. The number of phenols is 2. The zero-order valence-corrected chi connectivity index (χ0v) is 16.0. The summed E-state index contributed by atoms with van der Waals surface area (Å²) in [4.78, 5) is 24.2. The zero-order valence-electron chi connectivity index (χ0n) is 16.0. The van der Waals surface area contributed by atoms with Gasteiger partial charge in [-0.2, -0.15) is 0 Å². The third kappa shape index (κ3) is 3.60. The summed E-state index contributed by atoms with van der Waals surface area (Å²) in [7, 11) is 1.47. The van der Waals surface area contributed by atoms with Crippen molar-refractivity contribution in [3.05, 3.63) is 58.4 Å². The number of hydrogen-bond acceptors (Lipinski definition) is 5. The van der Waals surface area contributed by atoms with Crippen molar-refractivity contribution in [1.29, 1.82) is 0 Å². The van der Waals surface area contributed by atoms with Crippen LogP contribution < -0.4 is 0 Å². The van der Waals surface area contributed by atoms with Gasteiger partial charge in [0.15, 0.2) is 5.78 Å². The molecule has 0 saturated carbocycles. The first-order valence-corrected chi connectivity index (χ1v) is 8.46. The van der Waals surface area contributed by atoms with Gasteiger partial charge in [0.05, 0.1) is 18.2 Å². The SMILES string of the molecule is COC1=C(C)C(C(=O)O)=C(C)C(C)(C)C1C=CC(=O)c1cc(O)ccc1O. The number of phenolic OH excluding ortho intramolecular Hbond substituents is 2. The molecule has 1 aromatic carbocycles. The summed E-state index contributed by atoms with van der Waals surface area (Å²) in [6, 6.07) is 3.73. The van der Waals surface area contributed by atoms with E-state index in [1.54, 1.807) is 19.9 Å². The van der Waals surface area contributed by atoms with Gasteiger partial charge < -0.3 is 20.1 Å². The molecule has 1 aliphatic rings. The molecule has 144 valence electrons. The highest BCUT2D eigenvalue weighted by molar-refractivity contribution is 6.06. The van der Waals surface area contributed by atoms with Gasteiger partial charge in [-0.1, -0.05) is 25.5 Å². The second kappa shape index (κ2) is 7.31. The average molecular weight is 372 g/mol. The van der Waals surface area contributed by atoms with Crippen LogP contribution in [0.15, 0.2) is 52.8 Å². The minimum Gasteiger partial charge on any atom is -0.508 e. The lowest BCUT2D eigenvalue weighted by atomic mass is 9.66. The summed E-state index contributed by atoms with van der Waals surface area (Å²) < 4.78 is 5.49. The van der Waals surface area contributed by atoms with E-state index in [0.29, 0.717) is 16.9 Å². The minimum atomic E-state index is -1.02. The maximum atomic E-state index is 12.5. The molecule has 0 aliphatic heterocycles. The molecule has 27 heavy (non-hydrogen) atoms. The molecule has 0 heterocycles. The van der Waals surface area contributed by atoms with Crippen molar-refractivity contribution in [3.8, 4) is 11.5 Å². The van der Waals surface area contributed by atoms with Crippen LogP contribution in [0.5, 0.6) is 11.5 Å². The Labute approximate surface area is 158 Å². The third-order valence-electron chi connectivity index (χ3n) is 5.27. The van der Waals surface area contributed by atoms with E-state index in [0.717, 1.165) is 0 Å². The van der Waals surface area contributed by atoms with Crippen LogP contribution in [0.3, 0.4) is 0 Å². The molecule has 1 unspecified atom stereocenters. The molecule has 1 aliphatic carbocycles. The van der Waals surface area contributed by atoms with Crippen molar-refractivity contribution in [2.24, 2.45) is 11.3 Å². The van der Waals surface area contributed by atoms with Gasteiger partial charge in [-0.3, -0.25) is 4.79 Å². The molecule has 1 atom stereocenters. The lowest BCUT2D eigenvalue weighted by Gasteiger charge is -2.40. The standard InChI is InChI=1S/C21H24O6/c1-11-18(20(25)26)12(2)21(3,4)15(19(11)27-5)7-9-17(24)14-10-13(22)6-8-16(14)23/h6-10,15,22-23H,1-5H3,(H,25,26). The molecule has 1 aromatic rings. The van der Waals surface area contributed by atoms with Crippen LogP contribution in [0, 0.1) is 11.3 Å². The highest BCUT2D eigenvalue weighted by Crippen LogP contribution is 2.48. The van der Waals surface area contributed by atoms with E-state index < -0.39 is 17.2 Å². The molecule has 6 nitrogen and oxygen atoms in total. The number of allylic oxidation sites excluding steroid dienone is 3. The Morgan fingerprint density at radius 3 is 2.37 bits per heavy atom. The topological polar surface area (TPSA) is 104 Å². The van der Waals surface area contributed by atoms with Crippen molar-refractivity contribution in [3.63, 3.8) is 0 Å². The Kier molecular flexibility index (Phi) is 5.49. The lowest BCUT2D eigenvalue weighted by Crippen LogP contribution is -2.33. The molecule has 3 N–H and O–H groups in total. The number of ether oxygens (including phenoxy) is 1. The number of ketones is 1. The molecule has 0 amide bonds. The van der Waals surface area contributed by atoms with Crippen LogP contribution in [0.2, 0.25) is 0 Å². The monoisotopic (exact) mass is 372 g/mol. The number of methoxy groups -OCH3 is 1. The molecule has 0 aromatic heterocycles. The molecule has 2 rings (SSSR count). The van der Waals surface area contributed by atoms with Crippen molar-refractivity contribution in [1.82, 2.24) is 0 Å². The summed E-state index contributed by atoms with van der Waals surface area (Å²) in [6.07, 6.45) is 2.96. The van der Waals surface area contributed by atoms with Gasteiger partial charge in [0.2, 0.25) is 0 Å². The van der Waals surface area contributed by atoms with Gasteiger partial charge >= 0.3 is 5.97 Å². The Bertz CT molecular complexity index is 886. The average Bonchev–Trinajstić information content (AvgIpc) is 2.58. The molecule has 0 spiro atoms. The van der Waals surface area contributed by atoms with E-state index in [2.05, 4.69) is 0 Å². The van der Waals surface area contributed by atoms with Crippen molar-refractivity contribution >= 4 is 11.8 Å². The number of benzene rings is 1. The van der Waals surface area contributed by atoms with Gasteiger partial charge in [-0.15, -0.1) is 0 Å².